The lowest BCUT2D eigenvalue weighted by molar-refractivity contribution is -0.116. The Morgan fingerprint density at radius 3 is 3.11 bits per heavy atom. The van der Waals surface area contributed by atoms with Crippen molar-refractivity contribution in [1.29, 1.82) is 0 Å². The highest BCUT2D eigenvalue weighted by molar-refractivity contribution is 7.09. The molecule has 1 aromatic heterocycles. The zero-order valence-electron chi connectivity index (χ0n) is 10.3. The number of hydrogen-bond donors (Lipinski definition) is 3. The number of rotatable bonds is 3. The number of carbonyl (C=O) groups is 1. The van der Waals surface area contributed by atoms with Crippen LogP contribution in [0.25, 0.3) is 0 Å². The van der Waals surface area contributed by atoms with Crippen LogP contribution in [0.3, 0.4) is 0 Å². The second-order valence-corrected chi connectivity index (χ2v) is 5.40. The van der Waals surface area contributed by atoms with E-state index >= 15 is 0 Å². The Labute approximate surface area is 114 Å². The van der Waals surface area contributed by atoms with Crippen LogP contribution in [0.15, 0.2) is 23.7 Å². The van der Waals surface area contributed by atoms with Gasteiger partial charge in [-0.25, -0.2) is 4.98 Å². The van der Waals surface area contributed by atoms with Crippen molar-refractivity contribution in [2.45, 2.75) is 19.4 Å². The summed E-state index contributed by atoms with van der Waals surface area (Å²) in [5, 5.41) is 9.09. The minimum atomic E-state index is 0.0513. The van der Waals surface area contributed by atoms with Gasteiger partial charge in [-0.1, -0.05) is 0 Å². The molecule has 98 valence electrons. The third-order valence-corrected chi connectivity index (χ3v) is 3.86. The Balaban J connectivity index is 1.80. The Morgan fingerprint density at radius 2 is 2.32 bits per heavy atom. The smallest absolute Gasteiger partial charge is 0.224 e. The number of carbonyl (C=O) groups excluding carboxylic acids is 1. The second kappa shape index (κ2) is 4.89. The van der Waals surface area contributed by atoms with Crippen molar-refractivity contribution in [1.82, 2.24) is 4.98 Å². The van der Waals surface area contributed by atoms with Crippen molar-refractivity contribution >= 4 is 34.3 Å². The lowest BCUT2D eigenvalue weighted by Gasteiger charge is -2.19. The van der Waals surface area contributed by atoms with E-state index in [1.54, 1.807) is 17.5 Å². The van der Waals surface area contributed by atoms with Crippen LogP contribution in [0.2, 0.25) is 0 Å². The van der Waals surface area contributed by atoms with Crippen LogP contribution in [0.1, 0.15) is 17.0 Å². The highest BCUT2D eigenvalue weighted by atomic mass is 32.1. The first kappa shape index (κ1) is 12.0. The van der Waals surface area contributed by atoms with E-state index in [0.29, 0.717) is 18.7 Å². The molecule has 4 N–H and O–H groups in total. The average Bonchev–Trinajstić information content (AvgIpc) is 2.89. The fourth-order valence-corrected chi connectivity index (χ4v) is 2.67. The summed E-state index contributed by atoms with van der Waals surface area (Å²) in [6.45, 7) is 0.660. The van der Waals surface area contributed by atoms with Gasteiger partial charge < -0.3 is 16.4 Å². The summed E-state index contributed by atoms with van der Waals surface area (Å²) in [6, 6.07) is 3.83. The molecule has 1 aliphatic heterocycles. The van der Waals surface area contributed by atoms with Crippen molar-refractivity contribution in [2.24, 2.45) is 0 Å². The molecule has 0 unspecified atom stereocenters. The van der Waals surface area contributed by atoms with Gasteiger partial charge in [0.2, 0.25) is 5.91 Å². The number of aromatic nitrogens is 1. The summed E-state index contributed by atoms with van der Waals surface area (Å²) in [7, 11) is 0. The van der Waals surface area contributed by atoms with Crippen molar-refractivity contribution < 1.29 is 4.79 Å². The molecule has 0 atom stereocenters. The van der Waals surface area contributed by atoms with Gasteiger partial charge >= 0.3 is 0 Å². The minimum absolute atomic E-state index is 0.0513. The maximum Gasteiger partial charge on any atom is 0.224 e. The maximum absolute atomic E-state index is 11.3. The molecule has 0 radical (unpaired) electrons. The molecular weight excluding hydrogens is 260 g/mol. The van der Waals surface area contributed by atoms with Gasteiger partial charge in [-0.3, -0.25) is 4.79 Å². The van der Waals surface area contributed by atoms with Crippen LogP contribution in [-0.2, 0) is 17.8 Å². The Hall–Kier alpha value is -2.08. The summed E-state index contributed by atoms with van der Waals surface area (Å²) in [6.07, 6.45) is 3.07. The van der Waals surface area contributed by atoms with E-state index < -0.39 is 0 Å². The molecule has 5 nitrogen and oxygen atoms in total. The van der Waals surface area contributed by atoms with E-state index in [1.807, 2.05) is 17.5 Å². The van der Waals surface area contributed by atoms with Gasteiger partial charge in [0.15, 0.2) is 0 Å². The standard InChI is InChI=1S/C13H14N4OS/c14-9-6-10-8(1-2-12(18)17-10)5-11(9)16-7-13-15-3-4-19-13/h3-6,16H,1-2,7,14H2,(H,17,18). The largest absolute Gasteiger partial charge is 0.397 e. The maximum atomic E-state index is 11.3. The number of thiazole rings is 1. The molecule has 0 bridgehead atoms. The highest BCUT2D eigenvalue weighted by Crippen LogP contribution is 2.31. The average molecular weight is 274 g/mol. The summed E-state index contributed by atoms with van der Waals surface area (Å²) < 4.78 is 0. The fourth-order valence-electron chi connectivity index (χ4n) is 2.11. The second-order valence-electron chi connectivity index (χ2n) is 4.42. The van der Waals surface area contributed by atoms with Gasteiger partial charge in [0.1, 0.15) is 5.01 Å². The van der Waals surface area contributed by atoms with E-state index in [2.05, 4.69) is 15.6 Å². The number of hydrogen-bond acceptors (Lipinski definition) is 5. The SMILES string of the molecule is Nc1cc2c(cc1NCc1nccs1)CCC(=O)N2. The number of anilines is 3. The van der Waals surface area contributed by atoms with Gasteiger partial charge in [0.25, 0.3) is 0 Å². The first-order valence-corrected chi connectivity index (χ1v) is 6.95. The molecular formula is C13H14N4OS. The number of amides is 1. The lowest BCUT2D eigenvalue weighted by Crippen LogP contribution is -2.19. The predicted molar refractivity (Wildman–Crippen MR) is 77.2 cm³/mol. The van der Waals surface area contributed by atoms with Crippen molar-refractivity contribution in [2.75, 3.05) is 16.4 Å². The summed E-state index contributed by atoms with van der Waals surface area (Å²) in [5.41, 5.74) is 9.48. The molecule has 6 heteroatoms. The van der Waals surface area contributed by atoms with E-state index in [1.165, 1.54) is 0 Å². The minimum Gasteiger partial charge on any atom is -0.397 e. The number of nitrogen functional groups attached to an aromatic ring is 1. The fraction of sp³-hybridized carbons (Fsp3) is 0.231. The first-order chi connectivity index (χ1) is 9.22. The molecule has 0 fully saturated rings. The number of aryl methyl sites for hydroxylation is 1. The summed E-state index contributed by atoms with van der Waals surface area (Å²) in [4.78, 5) is 15.5. The van der Waals surface area contributed by atoms with Crippen molar-refractivity contribution in [3.05, 3.63) is 34.3 Å². The Kier molecular flexibility index (Phi) is 3.08. The molecule has 0 aliphatic carbocycles. The Bertz CT molecular complexity index is 609. The number of fused-ring (bicyclic) bond motifs is 1. The molecule has 1 aliphatic rings. The molecule has 1 amide bonds. The predicted octanol–water partition coefficient (Wildman–Crippen LogP) is 2.22. The summed E-state index contributed by atoms with van der Waals surface area (Å²) in [5.74, 6) is 0.0513. The third-order valence-electron chi connectivity index (χ3n) is 3.08. The van der Waals surface area contributed by atoms with E-state index in [9.17, 15) is 4.79 Å². The van der Waals surface area contributed by atoms with Crippen molar-refractivity contribution in [3.8, 4) is 0 Å². The van der Waals surface area contributed by atoms with E-state index in [4.69, 9.17) is 5.73 Å². The van der Waals surface area contributed by atoms with Crippen LogP contribution in [0.5, 0.6) is 0 Å². The number of benzene rings is 1. The molecule has 0 spiro atoms. The van der Waals surface area contributed by atoms with Gasteiger partial charge in [0.05, 0.1) is 17.9 Å². The van der Waals surface area contributed by atoms with Gasteiger partial charge in [-0.05, 0) is 24.1 Å². The van der Waals surface area contributed by atoms with Crippen LogP contribution in [0.4, 0.5) is 17.1 Å². The number of nitrogens with zero attached hydrogens (tertiary/aromatic N) is 1. The molecule has 3 rings (SSSR count). The highest BCUT2D eigenvalue weighted by Gasteiger charge is 2.16. The van der Waals surface area contributed by atoms with Crippen LogP contribution < -0.4 is 16.4 Å². The van der Waals surface area contributed by atoms with Crippen LogP contribution >= 0.6 is 11.3 Å². The monoisotopic (exact) mass is 274 g/mol. The Morgan fingerprint density at radius 1 is 1.42 bits per heavy atom. The summed E-state index contributed by atoms with van der Waals surface area (Å²) >= 11 is 1.61. The quantitative estimate of drug-likeness (QED) is 0.750. The number of nitrogens with two attached hydrogens (primary N) is 1. The van der Waals surface area contributed by atoms with E-state index in [0.717, 1.165) is 28.4 Å². The van der Waals surface area contributed by atoms with E-state index in [-0.39, 0.29) is 5.91 Å². The van der Waals surface area contributed by atoms with Gasteiger partial charge in [0, 0.05) is 23.7 Å². The molecule has 0 saturated carbocycles. The lowest BCUT2D eigenvalue weighted by atomic mass is 10.0. The van der Waals surface area contributed by atoms with Gasteiger partial charge in [-0.15, -0.1) is 11.3 Å². The molecule has 2 heterocycles. The molecule has 2 aromatic rings. The third kappa shape index (κ3) is 2.53. The topological polar surface area (TPSA) is 80.0 Å². The first-order valence-electron chi connectivity index (χ1n) is 6.07. The zero-order chi connectivity index (χ0) is 13.2. The number of nitrogens with one attached hydrogen (secondary N) is 2. The molecule has 0 saturated heterocycles. The molecule has 1 aromatic carbocycles. The van der Waals surface area contributed by atoms with Crippen molar-refractivity contribution in [3.63, 3.8) is 0 Å². The zero-order valence-corrected chi connectivity index (χ0v) is 11.1. The van der Waals surface area contributed by atoms with Crippen LogP contribution in [-0.4, -0.2) is 10.9 Å². The van der Waals surface area contributed by atoms with Gasteiger partial charge in [-0.2, -0.15) is 0 Å². The normalized spacial score (nSPS) is 13.8. The molecule has 19 heavy (non-hydrogen) atoms. The van der Waals surface area contributed by atoms with Crippen LogP contribution in [0, 0.1) is 0 Å².